The van der Waals surface area contributed by atoms with Crippen molar-refractivity contribution in [2.75, 3.05) is 6.54 Å². The number of aliphatic hydroxyl groups excluding tert-OH is 1. The number of nitrogens with zero attached hydrogens (tertiary/aromatic N) is 2. The fraction of sp³-hybridized carbons (Fsp3) is 0.600. The summed E-state index contributed by atoms with van der Waals surface area (Å²) in [6, 6.07) is 6.27. The number of amidine groups is 1. The monoisotopic (exact) mass is 441 g/mol. The number of hydrogen-bond acceptors (Lipinski definition) is 5. The lowest BCUT2D eigenvalue weighted by Gasteiger charge is -2.44. The van der Waals surface area contributed by atoms with Crippen LogP contribution in [0.3, 0.4) is 0 Å². The Morgan fingerprint density at radius 2 is 2.00 bits per heavy atom. The predicted octanol–water partition coefficient (Wildman–Crippen LogP) is 5.78. The van der Waals surface area contributed by atoms with Crippen molar-refractivity contribution in [2.24, 2.45) is 28.7 Å². The van der Waals surface area contributed by atoms with E-state index in [1.807, 2.05) is 26.0 Å². The lowest BCUT2D eigenvalue weighted by molar-refractivity contribution is -0.133. The molecule has 2 saturated carbocycles. The summed E-state index contributed by atoms with van der Waals surface area (Å²) in [4.78, 5) is 21.5. The van der Waals surface area contributed by atoms with Crippen LogP contribution in [0.2, 0.25) is 0 Å². The quantitative estimate of drug-likeness (QED) is 0.582. The van der Waals surface area contributed by atoms with Crippen molar-refractivity contribution in [3.63, 3.8) is 0 Å². The van der Waals surface area contributed by atoms with Crippen LogP contribution in [0, 0.1) is 30.6 Å². The van der Waals surface area contributed by atoms with Gasteiger partial charge in [0, 0.05) is 18.5 Å². The van der Waals surface area contributed by atoms with Crippen LogP contribution in [0.25, 0.3) is 0 Å². The van der Waals surface area contributed by atoms with Crippen LogP contribution in [-0.2, 0) is 4.79 Å². The third-order valence-corrected chi connectivity index (χ3v) is 7.91. The molecule has 0 aromatic heterocycles. The molecule has 1 aromatic carbocycles. The van der Waals surface area contributed by atoms with Gasteiger partial charge in [-0.2, -0.15) is 0 Å². The highest BCUT2D eigenvalue weighted by Gasteiger charge is 2.56. The average molecular weight is 442 g/mol. The minimum Gasteiger partial charge on any atom is -0.511 e. The molecule has 31 heavy (non-hydrogen) atoms. The van der Waals surface area contributed by atoms with Crippen LogP contribution in [0.4, 0.5) is 5.69 Å². The van der Waals surface area contributed by atoms with Gasteiger partial charge in [-0.1, -0.05) is 33.8 Å². The van der Waals surface area contributed by atoms with E-state index >= 15 is 0 Å². The largest absolute Gasteiger partial charge is 0.511 e. The lowest BCUT2D eigenvalue weighted by atomic mass is 9.77. The highest BCUT2D eigenvalue weighted by Crippen LogP contribution is 2.55. The molecule has 2 heterocycles. The minimum absolute atomic E-state index is 0.0561. The molecule has 5 nitrogen and oxygen atoms in total. The zero-order chi connectivity index (χ0) is 22.3. The Kier molecular flexibility index (Phi) is 6.38. The van der Waals surface area contributed by atoms with Gasteiger partial charge in [-0.25, -0.2) is 4.99 Å². The summed E-state index contributed by atoms with van der Waals surface area (Å²) in [5, 5.41) is 11.3. The summed E-state index contributed by atoms with van der Waals surface area (Å²) in [7, 11) is 0. The van der Waals surface area contributed by atoms with E-state index in [2.05, 4.69) is 36.5 Å². The van der Waals surface area contributed by atoms with Crippen molar-refractivity contribution in [3.8, 4) is 0 Å². The Hall–Kier alpha value is -1.95. The molecule has 1 aromatic rings. The SMILES string of the molecule is CC.Cc1ccc2c(c1)SNC(C1=C(O)[C@@H]3C4CC[C@H](C4)[C@@H]3N(CCC(C)C)C1=O)=N2. The van der Waals surface area contributed by atoms with Crippen LogP contribution in [0.5, 0.6) is 0 Å². The average Bonchev–Trinajstić information content (AvgIpc) is 3.37. The summed E-state index contributed by atoms with van der Waals surface area (Å²) in [5.41, 5.74) is 2.42. The molecule has 2 bridgehead atoms. The van der Waals surface area contributed by atoms with Gasteiger partial charge < -0.3 is 14.7 Å². The van der Waals surface area contributed by atoms with E-state index in [0.717, 1.165) is 36.4 Å². The van der Waals surface area contributed by atoms with Gasteiger partial charge in [-0.05, 0) is 80.0 Å². The van der Waals surface area contributed by atoms with Crippen molar-refractivity contribution < 1.29 is 9.90 Å². The maximum Gasteiger partial charge on any atom is 0.261 e. The first-order valence-corrected chi connectivity index (χ1v) is 12.6. The Labute approximate surface area is 190 Å². The van der Waals surface area contributed by atoms with Gasteiger partial charge >= 0.3 is 0 Å². The van der Waals surface area contributed by atoms with Gasteiger partial charge in [-0.3, -0.25) is 4.79 Å². The maximum atomic E-state index is 13.6. The number of rotatable bonds is 4. The van der Waals surface area contributed by atoms with Crippen LogP contribution in [-0.4, -0.2) is 34.3 Å². The van der Waals surface area contributed by atoms with Crippen LogP contribution >= 0.6 is 11.9 Å². The second kappa shape index (κ2) is 8.89. The lowest BCUT2D eigenvalue weighted by Crippen LogP contribution is -2.54. The summed E-state index contributed by atoms with van der Waals surface area (Å²) < 4.78 is 3.24. The van der Waals surface area contributed by atoms with Crippen molar-refractivity contribution in [3.05, 3.63) is 35.1 Å². The van der Waals surface area contributed by atoms with E-state index in [4.69, 9.17) is 4.99 Å². The summed E-state index contributed by atoms with van der Waals surface area (Å²) in [6.45, 7) is 11.2. The third kappa shape index (κ3) is 3.88. The number of nitrogens with one attached hydrogen (secondary N) is 1. The maximum absolute atomic E-state index is 13.6. The first-order chi connectivity index (χ1) is 14.9. The molecule has 4 aliphatic rings. The minimum atomic E-state index is -0.0561. The van der Waals surface area contributed by atoms with Gasteiger partial charge in [0.1, 0.15) is 11.3 Å². The van der Waals surface area contributed by atoms with Gasteiger partial charge in [-0.15, -0.1) is 0 Å². The molecule has 1 unspecified atom stereocenters. The number of benzene rings is 1. The second-order valence-corrected chi connectivity index (χ2v) is 10.3. The molecule has 4 atom stereocenters. The molecular weight excluding hydrogens is 406 g/mol. The normalized spacial score (nSPS) is 28.6. The number of aliphatic hydroxyl groups is 1. The van der Waals surface area contributed by atoms with E-state index in [0.29, 0.717) is 29.2 Å². The molecule has 1 amide bonds. The van der Waals surface area contributed by atoms with Crippen molar-refractivity contribution in [2.45, 2.75) is 71.2 Å². The molecule has 0 saturated heterocycles. The van der Waals surface area contributed by atoms with E-state index in [9.17, 15) is 9.90 Å². The summed E-state index contributed by atoms with van der Waals surface area (Å²) in [6.07, 6.45) is 4.46. The Bertz CT molecular complexity index is 923. The fourth-order valence-electron chi connectivity index (χ4n) is 5.67. The zero-order valence-electron chi connectivity index (χ0n) is 19.3. The predicted molar refractivity (Wildman–Crippen MR) is 128 cm³/mol. The van der Waals surface area contributed by atoms with Crippen LogP contribution < -0.4 is 4.72 Å². The zero-order valence-corrected chi connectivity index (χ0v) is 20.1. The first-order valence-electron chi connectivity index (χ1n) is 11.8. The molecule has 2 fully saturated rings. The molecule has 168 valence electrons. The van der Waals surface area contributed by atoms with Gasteiger partial charge in [0.2, 0.25) is 0 Å². The summed E-state index contributed by atoms with van der Waals surface area (Å²) >= 11 is 1.47. The first kappa shape index (κ1) is 22.3. The van der Waals surface area contributed by atoms with E-state index in [1.165, 1.54) is 23.9 Å². The smallest absolute Gasteiger partial charge is 0.261 e. The number of aliphatic imine (C=N–C) groups is 1. The van der Waals surface area contributed by atoms with Crippen LogP contribution in [0.1, 0.15) is 58.9 Å². The Morgan fingerprint density at radius 1 is 1.26 bits per heavy atom. The van der Waals surface area contributed by atoms with Crippen LogP contribution in [0.15, 0.2) is 39.4 Å². The molecule has 2 aliphatic heterocycles. The molecule has 2 aliphatic carbocycles. The third-order valence-electron chi connectivity index (χ3n) is 7.07. The number of fused-ring (bicyclic) bond motifs is 6. The highest BCUT2D eigenvalue weighted by atomic mass is 32.2. The molecule has 0 spiro atoms. The molecule has 6 heteroatoms. The molecular formula is C25H35N3O2S. The van der Waals surface area contributed by atoms with Gasteiger partial charge in [0.25, 0.3) is 5.91 Å². The van der Waals surface area contributed by atoms with E-state index in [-0.39, 0.29) is 23.6 Å². The Balaban J connectivity index is 0.00000112. The number of amides is 1. The number of carbonyl (C=O) groups excluding carboxylic acids is 1. The van der Waals surface area contributed by atoms with E-state index < -0.39 is 0 Å². The van der Waals surface area contributed by atoms with Crippen molar-refractivity contribution >= 4 is 29.4 Å². The fourth-order valence-corrected chi connectivity index (χ4v) is 6.49. The number of hydrogen-bond donors (Lipinski definition) is 2. The standard InChI is InChI=1S/C23H29N3O2S.C2H6/c1-12(2)8-9-26-20-15-6-5-14(11-15)18(20)21(27)19(23(26)28)22-24-16-7-4-13(3)10-17(16)29-25-22;1-2/h4,7,10,12,14-15,18,20,27H,5-6,8-9,11H2,1-3H3,(H,24,25);1-2H3/t14?,15-,18-,20+;/m1./s1. The number of aryl methyl sites for hydroxylation is 1. The van der Waals surface area contributed by atoms with Gasteiger partial charge in [0.05, 0.1) is 10.6 Å². The Morgan fingerprint density at radius 3 is 2.74 bits per heavy atom. The van der Waals surface area contributed by atoms with E-state index in [1.54, 1.807) is 0 Å². The number of carbonyl (C=O) groups is 1. The van der Waals surface area contributed by atoms with Crippen molar-refractivity contribution in [1.29, 1.82) is 0 Å². The molecule has 5 rings (SSSR count). The topological polar surface area (TPSA) is 64.9 Å². The highest BCUT2D eigenvalue weighted by molar-refractivity contribution is 7.98. The summed E-state index contributed by atoms with van der Waals surface area (Å²) in [5.74, 6) is 2.35. The second-order valence-electron chi connectivity index (χ2n) is 9.43. The molecule has 2 N–H and O–H groups in total. The molecule has 0 radical (unpaired) electrons. The van der Waals surface area contributed by atoms with Gasteiger partial charge in [0.15, 0.2) is 5.84 Å². The van der Waals surface area contributed by atoms with Crippen molar-refractivity contribution in [1.82, 2.24) is 9.62 Å².